The number of urea groups is 1. The molecule has 0 aliphatic carbocycles. The molecular formula is C16H23N5O2S. The second kappa shape index (κ2) is 7.76. The van der Waals surface area contributed by atoms with Crippen LogP contribution < -0.4 is 5.32 Å². The van der Waals surface area contributed by atoms with Crippen molar-refractivity contribution in [1.82, 2.24) is 25.4 Å². The first-order chi connectivity index (χ1) is 11.7. The van der Waals surface area contributed by atoms with Gasteiger partial charge < -0.3 is 15.0 Å². The summed E-state index contributed by atoms with van der Waals surface area (Å²) < 4.78 is 5.07. The minimum absolute atomic E-state index is 0.0520. The zero-order valence-electron chi connectivity index (χ0n) is 14.0. The van der Waals surface area contributed by atoms with Gasteiger partial charge in [-0.3, -0.25) is 5.10 Å². The molecule has 0 saturated carbocycles. The van der Waals surface area contributed by atoms with Crippen molar-refractivity contribution in [1.29, 1.82) is 0 Å². The highest BCUT2D eigenvalue weighted by molar-refractivity contribution is 7.11. The van der Waals surface area contributed by atoms with Gasteiger partial charge in [-0.1, -0.05) is 0 Å². The number of likely N-dealkylation sites (tertiary alicyclic amines) is 1. The van der Waals surface area contributed by atoms with Gasteiger partial charge in [-0.15, -0.1) is 11.3 Å². The number of hydrogen-bond donors (Lipinski definition) is 2. The standard InChI is InChI=1S/C16H23N5O2S/c1-11-6-7-12(24-11)9-17-16(22)21-8-4-3-5-13(21)15-18-14(10-23-2)19-20-15/h6-7,13H,3-5,8-10H2,1-2H3,(H,17,22)(H,18,19,20). The molecule has 0 aromatic carbocycles. The average Bonchev–Trinajstić information content (AvgIpc) is 3.22. The van der Waals surface area contributed by atoms with Gasteiger partial charge in [0.2, 0.25) is 0 Å². The number of H-pyrrole nitrogens is 1. The van der Waals surface area contributed by atoms with E-state index in [-0.39, 0.29) is 12.1 Å². The molecule has 7 nitrogen and oxygen atoms in total. The molecule has 0 bridgehead atoms. The molecule has 2 aromatic rings. The van der Waals surface area contributed by atoms with Gasteiger partial charge in [0.05, 0.1) is 12.6 Å². The number of hydrogen-bond acceptors (Lipinski definition) is 5. The number of nitrogens with one attached hydrogen (secondary N) is 2. The van der Waals surface area contributed by atoms with Gasteiger partial charge in [-0.05, 0) is 38.3 Å². The smallest absolute Gasteiger partial charge is 0.318 e. The molecule has 2 aromatic heterocycles. The quantitative estimate of drug-likeness (QED) is 0.869. The molecule has 3 rings (SSSR count). The maximum atomic E-state index is 12.6. The van der Waals surface area contributed by atoms with Crippen molar-refractivity contribution in [2.75, 3.05) is 13.7 Å². The van der Waals surface area contributed by atoms with E-state index in [4.69, 9.17) is 4.74 Å². The van der Waals surface area contributed by atoms with Crippen molar-refractivity contribution in [2.24, 2.45) is 0 Å². The molecule has 2 N–H and O–H groups in total. The lowest BCUT2D eigenvalue weighted by atomic mass is 10.0. The number of ether oxygens (including phenoxy) is 1. The minimum Gasteiger partial charge on any atom is -0.377 e. The Morgan fingerprint density at radius 1 is 1.50 bits per heavy atom. The van der Waals surface area contributed by atoms with Gasteiger partial charge in [-0.2, -0.15) is 5.10 Å². The maximum Gasteiger partial charge on any atom is 0.318 e. The van der Waals surface area contributed by atoms with Gasteiger partial charge in [0.1, 0.15) is 6.61 Å². The average molecular weight is 349 g/mol. The Morgan fingerprint density at radius 3 is 3.12 bits per heavy atom. The van der Waals surface area contributed by atoms with Crippen LogP contribution in [0.3, 0.4) is 0 Å². The summed E-state index contributed by atoms with van der Waals surface area (Å²) >= 11 is 1.71. The lowest BCUT2D eigenvalue weighted by Crippen LogP contribution is -2.44. The number of thiophene rings is 1. The summed E-state index contributed by atoms with van der Waals surface area (Å²) in [4.78, 5) is 21.4. The molecule has 130 valence electrons. The molecule has 1 unspecified atom stereocenters. The Balaban J connectivity index is 1.65. The van der Waals surface area contributed by atoms with E-state index in [0.29, 0.717) is 24.8 Å². The van der Waals surface area contributed by atoms with Crippen LogP contribution in [0.1, 0.15) is 46.7 Å². The third-order valence-corrected chi connectivity index (χ3v) is 5.10. The van der Waals surface area contributed by atoms with Crippen LogP contribution in [0.15, 0.2) is 12.1 Å². The summed E-state index contributed by atoms with van der Waals surface area (Å²) in [5, 5.41) is 10.2. The SMILES string of the molecule is COCc1nc(C2CCCCN2C(=O)NCc2ccc(C)s2)n[nH]1. The Hall–Kier alpha value is -1.93. The predicted molar refractivity (Wildman–Crippen MR) is 91.7 cm³/mol. The monoisotopic (exact) mass is 349 g/mol. The third kappa shape index (κ3) is 3.93. The number of carbonyl (C=O) groups excluding carboxylic acids is 1. The zero-order valence-corrected chi connectivity index (χ0v) is 14.9. The normalized spacial score (nSPS) is 17.9. The molecule has 1 aliphatic rings. The number of aryl methyl sites for hydroxylation is 1. The topological polar surface area (TPSA) is 83.1 Å². The van der Waals surface area contributed by atoms with Crippen molar-refractivity contribution in [3.8, 4) is 0 Å². The van der Waals surface area contributed by atoms with Gasteiger partial charge in [-0.25, -0.2) is 9.78 Å². The summed E-state index contributed by atoms with van der Waals surface area (Å²) in [5.74, 6) is 1.36. The molecule has 1 atom stereocenters. The highest BCUT2D eigenvalue weighted by Gasteiger charge is 2.30. The zero-order chi connectivity index (χ0) is 16.9. The van der Waals surface area contributed by atoms with Gasteiger partial charge in [0, 0.05) is 23.4 Å². The van der Waals surface area contributed by atoms with Crippen LogP contribution in [0, 0.1) is 6.92 Å². The van der Waals surface area contributed by atoms with Crippen LogP contribution >= 0.6 is 11.3 Å². The fourth-order valence-corrected chi connectivity index (χ4v) is 3.78. The second-order valence-corrected chi connectivity index (χ2v) is 7.32. The first kappa shape index (κ1) is 16.9. The molecule has 2 amide bonds. The first-order valence-corrected chi connectivity index (χ1v) is 8.99. The van der Waals surface area contributed by atoms with E-state index in [1.54, 1.807) is 18.4 Å². The first-order valence-electron chi connectivity index (χ1n) is 8.17. The molecule has 3 heterocycles. The number of carbonyl (C=O) groups is 1. The molecule has 1 saturated heterocycles. The number of nitrogens with zero attached hydrogens (tertiary/aromatic N) is 3. The van der Waals surface area contributed by atoms with Crippen LogP contribution in [-0.2, 0) is 17.9 Å². The van der Waals surface area contributed by atoms with E-state index in [9.17, 15) is 4.79 Å². The molecule has 8 heteroatoms. The lowest BCUT2D eigenvalue weighted by molar-refractivity contribution is 0.147. The molecule has 0 radical (unpaired) electrons. The van der Waals surface area contributed by atoms with Crippen LogP contribution in [0.2, 0.25) is 0 Å². The molecule has 1 aliphatic heterocycles. The summed E-state index contributed by atoms with van der Waals surface area (Å²) in [5.41, 5.74) is 0. The van der Waals surface area contributed by atoms with Crippen molar-refractivity contribution in [2.45, 2.75) is 45.4 Å². The summed E-state index contributed by atoms with van der Waals surface area (Å²) in [6, 6.07) is 4.00. The number of aromatic nitrogens is 3. The predicted octanol–water partition coefficient (Wildman–Crippen LogP) is 2.76. The number of methoxy groups -OCH3 is 1. The largest absolute Gasteiger partial charge is 0.377 e. The van der Waals surface area contributed by atoms with E-state index < -0.39 is 0 Å². The van der Waals surface area contributed by atoms with Crippen LogP contribution in [0.4, 0.5) is 4.79 Å². The van der Waals surface area contributed by atoms with E-state index in [0.717, 1.165) is 30.7 Å². The van der Waals surface area contributed by atoms with Crippen molar-refractivity contribution in [3.63, 3.8) is 0 Å². The highest BCUT2D eigenvalue weighted by atomic mass is 32.1. The lowest BCUT2D eigenvalue weighted by Gasteiger charge is -2.33. The van der Waals surface area contributed by atoms with Crippen LogP contribution in [0.25, 0.3) is 0 Å². The van der Waals surface area contributed by atoms with E-state index >= 15 is 0 Å². The third-order valence-electron chi connectivity index (χ3n) is 4.10. The summed E-state index contributed by atoms with van der Waals surface area (Å²) in [7, 11) is 1.62. The Morgan fingerprint density at radius 2 is 2.38 bits per heavy atom. The summed E-state index contributed by atoms with van der Waals surface area (Å²) in [6.45, 7) is 3.75. The maximum absolute atomic E-state index is 12.6. The Labute approximate surface area is 145 Å². The fourth-order valence-electron chi connectivity index (χ4n) is 2.95. The van der Waals surface area contributed by atoms with Crippen LogP contribution in [0.5, 0.6) is 0 Å². The van der Waals surface area contributed by atoms with E-state index in [2.05, 4.69) is 39.6 Å². The Kier molecular flexibility index (Phi) is 5.47. The molecule has 0 spiro atoms. The summed E-state index contributed by atoms with van der Waals surface area (Å²) in [6.07, 6.45) is 2.97. The van der Waals surface area contributed by atoms with E-state index in [1.165, 1.54) is 4.88 Å². The molecular weight excluding hydrogens is 326 g/mol. The van der Waals surface area contributed by atoms with Gasteiger partial charge >= 0.3 is 6.03 Å². The van der Waals surface area contributed by atoms with Crippen molar-refractivity contribution >= 4 is 17.4 Å². The van der Waals surface area contributed by atoms with Crippen molar-refractivity contribution in [3.05, 3.63) is 33.5 Å². The number of piperidine rings is 1. The van der Waals surface area contributed by atoms with Crippen molar-refractivity contribution < 1.29 is 9.53 Å². The second-order valence-electron chi connectivity index (χ2n) is 5.95. The fraction of sp³-hybridized carbons (Fsp3) is 0.562. The van der Waals surface area contributed by atoms with Gasteiger partial charge in [0.15, 0.2) is 11.6 Å². The Bertz CT molecular complexity index is 684. The molecule has 24 heavy (non-hydrogen) atoms. The van der Waals surface area contributed by atoms with Crippen LogP contribution in [-0.4, -0.2) is 39.8 Å². The number of amides is 2. The number of rotatable bonds is 5. The van der Waals surface area contributed by atoms with E-state index in [1.807, 2.05) is 4.90 Å². The highest BCUT2D eigenvalue weighted by Crippen LogP contribution is 2.29. The molecule has 1 fully saturated rings. The number of aromatic amines is 1. The minimum atomic E-state index is -0.0781. The van der Waals surface area contributed by atoms with Gasteiger partial charge in [0.25, 0.3) is 0 Å².